The molecular formula is C22H20ClN3O2S. The molecule has 0 saturated carbocycles. The summed E-state index contributed by atoms with van der Waals surface area (Å²) in [6.07, 6.45) is 1.70. The Bertz CT molecular complexity index is 1160. The van der Waals surface area contributed by atoms with E-state index >= 15 is 0 Å². The number of carbonyl (C=O) groups is 1. The maximum atomic E-state index is 12.1. The summed E-state index contributed by atoms with van der Waals surface area (Å²) >= 11 is 7.48. The zero-order chi connectivity index (χ0) is 20.2. The molecule has 0 fully saturated rings. The number of hydrogen-bond donors (Lipinski definition) is 0. The van der Waals surface area contributed by atoms with E-state index in [0.717, 1.165) is 35.0 Å². The molecule has 0 spiro atoms. The van der Waals surface area contributed by atoms with Crippen LogP contribution in [-0.2, 0) is 16.0 Å². The summed E-state index contributed by atoms with van der Waals surface area (Å²) in [6, 6.07) is 17.9. The van der Waals surface area contributed by atoms with Crippen LogP contribution in [0.15, 0.2) is 59.8 Å². The maximum absolute atomic E-state index is 12.1. The van der Waals surface area contributed by atoms with Crippen LogP contribution in [0, 0.1) is 6.92 Å². The van der Waals surface area contributed by atoms with Crippen molar-refractivity contribution < 1.29 is 9.53 Å². The van der Waals surface area contributed by atoms with E-state index in [1.807, 2.05) is 53.8 Å². The van der Waals surface area contributed by atoms with E-state index < -0.39 is 0 Å². The number of hydrogen-bond acceptors (Lipinski definition) is 5. The molecule has 29 heavy (non-hydrogen) atoms. The number of nitrogens with zero attached hydrogens (tertiary/aromatic N) is 3. The fraction of sp³-hybridized carbons (Fsp3) is 0.227. The molecule has 0 aliphatic carbocycles. The van der Waals surface area contributed by atoms with E-state index in [2.05, 4.69) is 22.3 Å². The van der Waals surface area contributed by atoms with Crippen molar-refractivity contribution in [2.24, 2.45) is 0 Å². The molecule has 7 heteroatoms. The Morgan fingerprint density at radius 2 is 1.97 bits per heavy atom. The molecule has 0 atom stereocenters. The Morgan fingerprint density at radius 3 is 2.79 bits per heavy atom. The normalized spacial score (nSPS) is 11.2. The predicted octanol–water partition coefficient (Wildman–Crippen LogP) is 5.11. The lowest BCUT2D eigenvalue weighted by Crippen LogP contribution is -2.09. The highest BCUT2D eigenvalue weighted by Gasteiger charge is 2.14. The summed E-state index contributed by atoms with van der Waals surface area (Å²) in [4.78, 5) is 12.1. The SMILES string of the molecule is Cc1cc2nnc(SCC(=O)OCCCc3ccccc3)n2c2ccc(Cl)cc12. The lowest BCUT2D eigenvalue weighted by atomic mass is 10.1. The number of halogens is 1. The van der Waals surface area contributed by atoms with Gasteiger partial charge < -0.3 is 4.74 Å². The largest absolute Gasteiger partial charge is 0.465 e. The summed E-state index contributed by atoms with van der Waals surface area (Å²) in [5, 5.41) is 10.9. The highest BCUT2D eigenvalue weighted by Crippen LogP contribution is 2.27. The van der Waals surface area contributed by atoms with Crippen molar-refractivity contribution in [2.45, 2.75) is 24.9 Å². The molecule has 0 unspecified atom stereocenters. The zero-order valence-corrected chi connectivity index (χ0v) is 17.5. The monoisotopic (exact) mass is 425 g/mol. The first kappa shape index (κ1) is 19.7. The van der Waals surface area contributed by atoms with Crippen LogP contribution in [0.5, 0.6) is 0 Å². The van der Waals surface area contributed by atoms with Gasteiger partial charge in [-0.3, -0.25) is 9.20 Å². The van der Waals surface area contributed by atoms with Crippen LogP contribution in [0.2, 0.25) is 5.02 Å². The van der Waals surface area contributed by atoms with Gasteiger partial charge in [0.1, 0.15) is 0 Å². The minimum atomic E-state index is -0.251. The average molecular weight is 426 g/mol. The second kappa shape index (κ2) is 8.84. The van der Waals surface area contributed by atoms with Gasteiger partial charge in [-0.05, 0) is 55.2 Å². The fourth-order valence-corrected chi connectivity index (χ4v) is 4.18. The lowest BCUT2D eigenvalue weighted by molar-refractivity contribution is -0.140. The molecule has 2 aromatic carbocycles. The van der Waals surface area contributed by atoms with Crippen LogP contribution in [0.1, 0.15) is 17.5 Å². The van der Waals surface area contributed by atoms with Crippen molar-refractivity contribution in [3.63, 3.8) is 0 Å². The second-order valence-corrected chi connectivity index (χ2v) is 8.14. The molecule has 0 radical (unpaired) electrons. The van der Waals surface area contributed by atoms with Gasteiger partial charge >= 0.3 is 5.97 Å². The van der Waals surface area contributed by atoms with Gasteiger partial charge in [0, 0.05) is 10.4 Å². The Morgan fingerprint density at radius 1 is 1.14 bits per heavy atom. The Labute approximate surface area is 178 Å². The molecule has 4 rings (SSSR count). The summed E-state index contributed by atoms with van der Waals surface area (Å²) in [6.45, 7) is 2.43. The Hall–Kier alpha value is -2.57. The second-order valence-electron chi connectivity index (χ2n) is 6.76. The summed E-state index contributed by atoms with van der Waals surface area (Å²) in [5.41, 5.74) is 4.04. The van der Waals surface area contributed by atoms with Crippen molar-refractivity contribution >= 4 is 45.9 Å². The number of fused-ring (bicyclic) bond motifs is 3. The molecule has 0 bridgehead atoms. The van der Waals surface area contributed by atoms with Crippen molar-refractivity contribution in [1.29, 1.82) is 0 Å². The molecule has 0 aliphatic rings. The smallest absolute Gasteiger partial charge is 0.316 e. The Balaban J connectivity index is 1.39. The van der Waals surface area contributed by atoms with Crippen molar-refractivity contribution in [1.82, 2.24) is 14.6 Å². The fourth-order valence-electron chi connectivity index (χ4n) is 3.26. The van der Waals surface area contributed by atoms with Crippen molar-refractivity contribution in [3.8, 4) is 0 Å². The highest BCUT2D eigenvalue weighted by atomic mass is 35.5. The third kappa shape index (κ3) is 4.54. The van der Waals surface area contributed by atoms with Gasteiger partial charge in [-0.15, -0.1) is 10.2 Å². The number of thioether (sulfide) groups is 1. The molecule has 4 aromatic rings. The number of aromatic nitrogens is 3. The zero-order valence-electron chi connectivity index (χ0n) is 16.0. The van der Waals surface area contributed by atoms with Crippen molar-refractivity contribution in [2.75, 3.05) is 12.4 Å². The van der Waals surface area contributed by atoms with E-state index in [0.29, 0.717) is 16.8 Å². The van der Waals surface area contributed by atoms with E-state index in [1.165, 1.54) is 17.3 Å². The number of carbonyl (C=O) groups excluding carboxylic acids is 1. The lowest BCUT2D eigenvalue weighted by Gasteiger charge is -2.08. The first-order chi connectivity index (χ1) is 14.1. The van der Waals surface area contributed by atoms with Crippen LogP contribution in [0.3, 0.4) is 0 Å². The molecule has 0 amide bonds. The van der Waals surface area contributed by atoms with Gasteiger partial charge in [-0.25, -0.2) is 0 Å². The van der Waals surface area contributed by atoms with E-state index in [9.17, 15) is 4.79 Å². The minimum Gasteiger partial charge on any atom is -0.465 e. The molecular weight excluding hydrogens is 406 g/mol. The van der Waals surface area contributed by atoms with Crippen molar-refractivity contribution in [3.05, 3.63) is 70.7 Å². The molecule has 148 valence electrons. The average Bonchev–Trinajstić information content (AvgIpc) is 3.13. The van der Waals surface area contributed by atoms with Gasteiger partial charge in [0.15, 0.2) is 10.8 Å². The molecule has 0 aliphatic heterocycles. The Kier molecular flexibility index (Phi) is 6.02. The number of esters is 1. The third-order valence-corrected chi connectivity index (χ3v) is 5.80. The summed E-state index contributed by atoms with van der Waals surface area (Å²) < 4.78 is 7.31. The van der Waals surface area contributed by atoms with E-state index in [1.54, 1.807) is 0 Å². The predicted molar refractivity (Wildman–Crippen MR) is 117 cm³/mol. The van der Waals surface area contributed by atoms with E-state index in [-0.39, 0.29) is 11.7 Å². The van der Waals surface area contributed by atoms with Crippen LogP contribution < -0.4 is 0 Å². The standard InChI is InChI=1S/C22H20ClN3O2S/c1-15-12-20-24-25-22(26(20)19-10-9-17(23)13-18(15)19)29-14-21(27)28-11-5-8-16-6-3-2-4-7-16/h2-4,6-7,9-10,12-13H,5,8,11,14H2,1H3. The molecule has 5 nitrogen and oxygen atoms in total. The maximum Gasteiger partial charge on any atom is 0.316 e. The van der Waals surface area contributed by atoms with Gasteiger partial charge in [0.2, 0.25) is 0 Å². The van der Waals surface area contributed by atoms with Crippen LogP contribution in [0.4, 0.5) is 0 Å². The number of ether oxygens (including phenoxy) is 1. The van der Waals surface area contributed by atoms with Gasteiger partial charge in [-0.2, -0.15) is 0 Å². The first-order valence-corrected chi connectivity index (χ1v) is 10.7. The van der Waals surface area contributed by atoms with Gasteiger partial charge in [0.05, 0.1) is 17.9 Å². The number of aryl methyl sites for hydroxylation is 2. The highest BCUT2D eigenvalue weighted by molar-refractivity contribution is 7.99. The van der Waals surface area contributed by atoms with Crippen LogP contribution in [-0.4, -0.2) is 32.9 Å². The topological polar surface area (TPSA) is 56.5 Å². The first-order valence-electron chi connectivity index (χ1n) is 9.38. The quantitative estimate of drug-likeness (QED) is 0.234. The number of pyridine rings is 1. The summed E-state index contributed by atoms with van der Waals surface area (Å²) in [5.74, 6) is -0.0611. The molecule has 0 N–H and O–H groups in total. The number of rotatable bonds is 7. The molecule has 2 heterocycles. The minimum absolute atomic E-state index is 0.190. The van der Waals surface area contributed by atoms with Gasteiger partial charge in [0.25, 0.3) is 0 Å². The molecule has 2 aromatic heterocycles. The van der Waals surface area contributed by atoms with Crippen LogP contribution >= 0.6 is 23.4 Å². The third-order valence-electron chi connectivity index (χ3n) is 4.66. The van der Waals surface area contributed by atoms with Gasteiger partial charge in [-0.1, -0.05) is 53.7 Å². The molecule has 0 saturated heterocycles. The van der Waals surface area contributed by atoms with E-state index in [4.69, 9.17) is 16.3 Å². The summed E-state index contributed by atoms with van der Waals surface area (Å²) in [7, 11) is 0. The number of benzene rings is 2. The van der Waals surface area contributed by atoms with Crippen LogP contribution in [0.25, 0.3) is 16.6 Å².